The van der Waals surface area contributed by atoms with Crippen molar-refractivity contribution in [3.05, 3.63) is 18.2 Å². The molecule has 1 saturated carbocycles. The van der Waals surface area contributed by atoms with Crippen molar-refractivity contribution in [2.24, 2.45) is 5.92 Å². The number of carboxylic acids is 1. The first-order valence-corrected chi connectivity index (χ1v) is 8.17. The summed E-state index contributed by atoms with van der Waals surface area (Å²) in [5.74, 6) is -1.28. The summed E-state index contributed by atoms with van der Waals surface area (Å²) in [5, 5.41) is 9.11. The number of carbonyl (C=O) groups is 1. The van der Waals surface area contributed by atoms with Crippen LogP contribution in [0.25, 0.3) is 11.0 Å². The summed E-state index contributed by atoms with van der Waals surface area (Å²) < 4.78 is 34.9. The van der Waals surface area contributed by atoms with Gasteiger partial charge in [0.05, 0.1) is 11.7 Å². The highest BCUT2D eigenvalue weighted by Crippen LogP contribution is 2.33. The van der Waals surface area contributed by atoms with Crippen LogP contribution in [-0.4, -0.2) is 34.3 Å². The highest BCUT2D eigenvalue weighted by Gasteiger charge is 2.39. The van der Waals surface area contributed by atoms with E-state index in [2.05, 4.69) is 13.5 Å². The summed E-state index contributed by atoms with van der Waals surface area (Å²) in [7, 11) is -3.93. The number of carboxylic acid groups (broad SMARTS) is 1. The largest absolute Gasteiger partial charge is 0.480 e. The lowest BCUT2D eigenvalue weighted by atomic mass is 10.2. The van der Waals surface area contributed by atoms with Crippen LogP contribution in [0.5, 0.6) is 0 Å². The number of sulfonamides is 1. The Morgan fingerprint density at radius 3 is 2.80 bits per heavy atom. The maximum absolute atomic E-state index is 12.4. The predicted octanol–water partition coefficient (Wildman–Crippen LogP) is 0.833. The van der Waals surface area contributed by atoms with Crippen molar-refractivity contribution in [1.82, 2.24) is 13.5 Å². The normalized spacial score (nSPS) is 17.2. The van der Waals surface area contributed by atoms with Gasteiger partial charge in [0.2, 0.25) is 10.0 Å². The van der Waals surface area contributed by atoms with E-state index in [9.17, 15) is 13.2 Å². The van der Waals surface area contributed by atoms with Crippen LogP contribution in [0.1, 0.15) is 12.8 Å². The van der Waals surface area contributed by atoms with Crippen LogP contribution in [0, 0.1) is 5.92 Å². The minimum Gasteiger partial charge on any atom is -0.480 e. The molecule has 7 nitrogen and oxygen atoms in total. The molecular weight excluding hydrogens is 302 g/mol. The third-order valence-corrected chi connectivity index (χ3v) is 5.20. The van der Waals surface area contributed by atoms with Gasteiger partial charge < -0.3 is 5.11 Å². The lowest BCUT2D eigenvalue weighted by Gasteiger charge is -2.14. The second kappa shape index (κ2) is 4.76. The van der Waals surface area contributed by atoms with Crippen molar-refractivity contribution in [2.45, 2.75) is 23.8 Å². The molecule has 1 heterocycles. The van der Waals surface area contributed by atoms with Gasteiger partial charge in [0.25, 0.3) is 0 Å². The van der Waals surface area contributed by atoms with Crippen LogP contribution >= 0.6 is 11.7 Å². The zero-order chi connectivity index (χ0) is 14.3. The summed E-state index contributed by atoms with van der Waals surface area (Å²) in [6, 6.07) is 3.54. The molecule has 0 aliphatic heterocycles. The zero-order valence-corrected chi connectivity index (χ0v) is 11.8. The minimum atomic E-state index is -3.93. The molecule has 0 saturated heterocycles. The van der Waals surface area contributed by atoms with Crippen LogP contribution in [0.3, 0.4) is 0 Å². The molecule has 1 aliphatic carbocycles. The second-order valence-corrected chi connectivity index (χ2v) is 6.87. The van der Waals surface area contributed by atoms with Gasteiger partial charge >= 0.3 is 5.97 Å². The van der Waals surface area contributed by atoms with E-state index in [1.807, 2.05) is 0 Å². The Kier molecular flexibility index (Phi) is 3.19. The van der Waals surface area contributed by atoms with Crippen molar-refractivity contribution >= 4 is 38.8 Å². The van der Waals surface area contributed by atoms with E-state index in [4.69, 9.17) is 5.11 Å². The molecular formula is C11H11N3O4S2. The fraction of sp³-hybridized carbons (Fsp3) is 0.364. The Morgan fingerprint density at radius 1 is 1.40 bits per heavy atom. The number of nitrogens with zero attached hydrogens (tertiary/aromatic N) is 2. The molecule has 1 aromatic carbocycles. The molecule has 0 amide bonds. The van der Waals surface area contributed by atoms with Crippen LogP contribution in [0.15, 0.2) is 23.1 Å². The standard InChI is InChI=1S/C11H11N3O4S2/c15-11(16)9(6-4-5-6)14-20(17,18)8-3-1-2-7-10(8)13-19-12-7/h1-3,6,9,14H,4-5H2,(H,15,16). The number of benzene rings is 1. The average molecular weight is 313 g/mol. The molecule has 1 aliphatic rings. The van der Waals surface area contributed by atoms with Gasteiger partial charge in [-0.15, -0.1) is 0 Å². The van der Waals surface area contributed by atoms with Crippen molar-refractivity contribution < 1.29 is 18.3 Å². The molecule has 1 unspecified atom stereocenters. The topological polar surface area (TPSA) is 109 Å². The van der Waals surface area contributed by atoms with E-state index >= 15 is 0 Å². The monoisotopic (exact) mass is 313 g/mol. The number of hydrogen-bond donors (Lipinski definition) is 2. The Morgan fingerprint density at radius 2 is 2.15 bits per heavy atom. The Labute approximate surface area is 119 Å². The van der Waals surface area contributed by atoms with Gasteiger partial charge in [-0.2, -0.15) is 13.5 Å². The van der Waals surface area contributed by atoms with Crippen LogP contribution in [-0.2, 0) is 14.8 Å². The number of rotatable bonds is 5. The fourth-order valence-corrected chi connectivity index (χ4v) is 4.03. The molecule has 1 atom stereocenters. The van der Waals surface area contributed by atoms with Gasteiger partial charge in [-0.05, 0) is 30.9 Å². The molecule has 0 spiro atoms. The van der Waals surface area contributed by atoms with E-state index in [0.717, 1.165) is 24.6 Å². The second-order valence-electron chi connectivity index (χ2n) is 4.66. The Hall–Kier alpha value is -1.58. The van der Waals surface area contributed by atoms with Crippen molar-refractivity contribution in [2.75, 3.05) is 0 Å². The number of aliphatic carboxylic acids is 1. The van der Waals surface area contributed by atoms with Crippen molar-refractivity contribution in [3.63, 3.8) is 0 Å². The highest BCUT2D eigenvalue weighted by atomic mass is 32.2. The quantitative estimate of drug-likeness (QED) is 0.846. The third kappa shape index (κ3) is 2.39. The predicted molar refractivity (Wildman–Crippen MR) is 71.9 cm³/mol. The number of hydrogen-bond acceptors (Lipinski definition) is 6. The molecule has 2 N–H and O–H groups in total. The van der Waals surface area contributed by atoms with E-state index in [0.29, 0.717) is 5.52 Å². The number of fused-ring (bicyclic) bond motifs is 1. The van der Waals surface area contributed by atoms with Gasteiger partial charge in [0.15, 0.2) is 0 Å². The molecule has 20 heavy (non-hydrogen) atoms. The van der Waals surface area contributed by atoms with Gasteiger partial charge in [0, 0.05) is 0 Å². The van der Waals surface area contributed by atoms with Gasteiger partial charge in [-0.25, -0.2) is 8.42 Å². The lowest BCUT2D eigenvalue weighted by Crippen LogP contribution is -2.42. The smallest absolute Gasteiger partial charge is 0.322 e. The first-order valence-electron chi connectivity index (χ1n) is 5.95. The van der Waals surface area contributed by atoms with Crippen LogP contribution < -0.4 is 4.72 Å². The van der Waals surface area contributed by atoms with Gasteiger partial charge in [-0.3, -0.25) is 4.79 Å². The Bertz CT molecular complexity index is 767. The summed E-state index contributed by atoms with van der Waals surface area (Å²) in [4.78, 5) is 11.1. The third-order valence-electron chi connectivity index (χ3n) is 3.18. The maximum Gasteiger partial charge on any atom is 0.322 e. The van der Waals surface area contributed by atoms with E-state index in [1.165, 1.54) is 6.07 Å². The van der Waals surface area contributed by atoms with Crippen LogP contribution in [0.4, 0.5) is 0 Å². The molecule has 3 rings (SSSR count). The van der Waals surface area contributed by atoms with Gasteiger partial charge in [-0.1, -0.05) is 6.07 Å². The SMILES string of the molecule is O=C(O)C(NS(=O)(=O)c1cccc2nsnc12)C1CC1. The summed E-state index contributed by atoms with van der Waals surface area (Å²) >= 11 is 0.918. The van der Waals surface area contributed by atoms with Gasteiger partial charge in [0.1, 0.15) is 22.0 Å². The van der Waals surface area contributed by atoms with Crippen LogP contribution in [0.2, 0.25) is 0 Å². The maximum atomic E-state index is 12.4. The molecule has 106 valence electrons. The minimum absolute atomic E-state index is 0.0318. The number of aromatic nitrogens is 2. The first kappa shape index (κ1) is 13.4. The molecule has 0 bridgehead atoms. The Balaban J connectivity index is 1.99. The lowest BCUT2D eigenvalue weighted by molar-refractivity contribution is -0.139. The average Bonchev–Trinajstić information content (AvgIpc) is 3.11. The highest BCUT2D eigenvalue weighted by molar-refractivity contribution is 7.89. The number of nitrogens with one attached hydrogen (secondary N) is 1. The molecule has 1 aromatic heterocycles. The summed E-state index contributed by atoms with van der Waals surface area (Å²) in [6.45, 7) is 0. The van der Waals surface area contributed by atoms with E-state index in [1.54, 1.807) is 12.1 Å². The van der Waals surface area contributed by atoms with E-state index in [-0.39, 0.29) is 16.3 Å². The summed E-state index contributed by atoms with van der Waals surface area (Å²) in [5.41, 5.74) is 0.751. The summed E-state index contributed by atoms with van der Waals surface area (Å²) in [6.07, 6.45) is 1.45. The van der Waals surface area contributed by atoms with E-state index < -0.39 is 22.0 Å². The molecule has 0 radical (unpaired) electrons. The first-order chi connectivity index (χ1) is 9.49. The van der Waals surface area contributed by atoms with Crippen molar-refractivity contribution in [3.8, 4) is 0 Å². The van der Waals surface area contributed by atoms with Crippen molar-refractivity contribution in [1.29, 1.82) is 0 Å². The molecule has 9 heteroatoms. The zero-order valence-electron chi connectivity index (χ0n) is 10.2. The molecule has 1 fully saturated rings. The molecule has 2 aromatic rings. The fourth-order valence-electron chi connectivity index (χ4n) is 2.01.